The molecule has 0 bridgehead atoms. The van der Waals surface area contributed by atoms with Crippen molar-refractivity contribution in [1.29, 1.82) is 0 Å². The third kappa shape index (κ3) is 2.30. The molecule has 5 heteroatoms. The van der Waals surface area contributed by atoms with E-state index in [0.717, 1.165) is 22.5 Å². The molecule has 0 saturated heterocycles. The Morgan fingerprint density at radius 1 is 1.05 bits per heavy atom. The van der Waals surface area contributed by atoms with Gasteiger partial charge in [0.15, 0.2) is 0 Å². The Balaban J connectivity index is 2.01. The van der Waals surface area contributed by atoms with Gasteiger partial charge in [-0.1, -0.05) is 36.4 Å². The van der Waals surface area contributed by atoms with E-state index in [1.165, 1.54) is 4.68 Å². The Kier molecular flexibility index (Phi) is 2.72. The summed E-state index contributed by atoms with van der Waals surface area (Å²) >= 11 is 0. The smallest absolute Gasteiger partial charge is 0.271 e. The number of benzene rings is 2. The van der Waals surface area contributed by atoms with Crippen molar-refractivity contribution < 1.29 is 0 Å². The minimum atomic E-state index is -0.499. The van der Waals surface area contributed by atoms with Crippen LogP contribution in [0, 0.1) is 0 Å². The zero-order valence-electron chi connectivity index (χ0n) is 10.0. The van der Waals surface area contributed by atoms with Crippen molar-refractivity contribution in [3.63, 3.8) is 0 Å². The lowest BCUT2D eigenvalue weighted by molar-refractivity contribution is 0.608. The fourth-order valence-corrected chi connectivity index (χ4v) is 2.00. The molecule has 0 unspecified atom stereocenters. The molecule has 0 aliphatic heterocycles. The van der Waals surface area contributed by atoms with Crippen LogP contribution in [-0.4, -0.2) is 14.8 Å². The fraction of sp³-hybridized carbons (Fsp3) is 0.0714. The van der Waals surface area contributed by atoms with Gasteiger partial charge in [0.25, 0.3) is 5.56 Å². The summed E-state index contributed by atoms with van der Waals surface area (Å²) in [6.07, 6.45) is 1.10. The van der Waals surface area contributed by atoms with Crippen LogP contribution in [0.4, 0.5) is 0 Å². The molecule has 1 heterocycles. The quantitative estimate of drug-likeness (QED) is 0.744. The molecule has 0 atom stereocenters. The summed E-state index contributed by atoms with van der Waals surface area (Å²) in [5.41, 5.74) is -0.0271. The Labute approximate surface area is 108 Å². The number of H-pyrrole nitrogens is 1. The summed E-state index contributed by atoms with van der Waals surface area (Å²) in [6.45, 7) is 0.334. The number of rotatable bonds is 2. The van der Waals surface area contributed by atoms with Crippen LogP contribution in [0.2, 0.25) is 0 Å². The molecule has 0 aliphatic rings. The van der Waals surface area contributed by atoms with Crippen LogP contribution < -0.4 is 11.2 Å². The molecule has 0 radical (unpaired) electrons. The van der Waals surface area contributed by atoms with Gasteiger partial charge in [-0.15, -0.1) is 0 Å². The van der Waals surface area contributed by atoms with Crippen LogP contribution in [0.25, 0.3) is 10.8 Å². The predicted molar refractivity (Wildman–Crippen MR) is 72.2 cm³/mol. The lowest BCUT2D eigenvalue weighted by atomic mass is 10.1. The van der Waals surface area contributed by atoms with Gasteiger partial charge in [-0.3, -0.25) is 9.78 Å². The van der Waals surface area contributed by atoms with Gasteiger partial charge < -0.3 is 0 Å². The second-order valence-corrected chi connectivity index (χ2v) is 4.28. The molecule has 5 nitrogen and oxygen atoms in total. The average molecular weight is 253 g/mol. The molecule has 0 saturated carbocycles. The normalized spacial score (nSPS) is 10.7. The number of hydrogen-bond acceptors (Lipinski definition) is 3. The largest absolute Gasteiger partial charge is 0.345 e. The van der Waals surface area contributed by atoms with Crippen molar-refractivity contribution in [2.75, 3.05) is 0 Å². The third-order valence-corrected chi connectivity index (χ3v) is 2.93. The topological polar surface area (TPSA) is 67.8 Å². The van der Waals surface area contributed by atoms with Crippen LogP contribution in [-0.2, 0) is 6.54 Å². The van der Waals surface area contributed by atoms with Crippen LogP contribution in [0.15, 0.2) is 58.3 Å². The summed E-state index contributed by atoms with van der Waals surface area (Å²) in [4.78, 5) is 24.7. The van der Waals surface area contributed by atoms with Gasteiger partial charge in [0.2, 0.25) is 0 Å². The zero-order valence-corrected chi connectivity index (χ0v) is 10.0. The SMILES string of the molecule is O=c1cnn(Cc2ccc3ccccc3c2)c(=O)[nH]1. The Hall–Kier alpha value is -2.69. The first-order chi connectivity index (χ1) is 9.22. The van der Waals surface area contributed by atoms with E-state index in [1.54, 1.807) is 0 Å². The molecular formula is C14H11N3O2. The number of aromatic nitrogens is 3. The maximum absolute atomic E-state index is 11.6. The summed E-state index contributed by atoms with van der Waals surface area (Å²) in [5, 5.41) is 6.07. The minimum absolute atomic E-state index is 0.334. The molecule has 1 aromatic heterocycles. The van der Waals surface area contributed by atoms with Gasteiger partial charge in [0, 0.05) is 0 Å². The van der Waals surface area contributed by atoms with Crippen LogP contribution >= 0.6 is 0 Å². The highest BCUT2D eigenvalue weighted by Gasteiger charge is 2.01. The maximum Gasteiger partial charge on any atom is 0.345 e. The van der Waals surface area contributed by atoms with Gasteiger partial charge >= 0.3 is 5.69 Å². The zero-order chi connectivity index (χ0) is 13.2. The standard InChI is InChI=1S/C14H11N3O2/c18-13-8-15-17(14(19)16-13)9-10-5-6-11-3-1-2-4-12(11)7-10/h1-8H,9H2,(H,16,18,19). The Bertz CT molecular complexity index is 849. The number of aromatic amines is 1. The van der Waals surface area contributed by atoms with Gasteiger partial charge in [0.1, 0.15) is 6.20 Å². The van der Waals surface area contributed by atoms with Crippen LogP contribution in [0.1, 0.15) is 5.56 Å². The van der Waals surface area contributed by atoms with Crippen LogP contribution in [0.5, 0.6) is 0 Å². The molecule has 0 spiro atoms. The van der Waals surface area contributed by atoms with Crippen molar-refractivity contribution in [2.24, 2.45) is 0 Å². The molecule has 3 rings (SSSR count). The molecule has 94 valence electrons. The Morgan fingerprint density at radius 3 is 2.63 bits per heavy atom. The second kappa shape index (κ2) is 4.53. The second-order valence-electron chi connectivity index (χ2n) is 4.28. The van der Waals surface area contributed by atoms with E-state index in [1.807, 2.05) is 42.5 Å². The van der Waals surface area contributed by atoms with E-state index in [9.17, 15) is 9.59 Å². The van der Waals surface area contributed by atoms with E-state index in [4.69, 9.17) is 0 Å². The molecule has 0 amide bonds. The maximum atomic E-state index is 11.6. The van der Waals surface area contributed by atoms with Gasteiger partial charge in [0.05, 0.1) is 6.54 Å². The molecule has 3 aromatic rings. The number of fused-ring (bicyclic) bond motifs is 1. The van der Waals surface area contributed by atoms with Crippen molar-refractivity contribution in [3.05, 3.63) is 75.1 Å². The van der Waals surface area contributed by atoms with Crippen molar-refractivity contribution in [2.45, 2.75) is 6.54 Å². The van der Waals surface area contributed by atoms with Crippen molar-refractivity contribution in [3.8, 4) is 0 Å². The highest BCUT2D eigenvalue weighted by atomic mass is 16.2. The molecule has 0 aliphatic carbocycles. The van der Waals surface area contributed by atoms with E-state index in [2.05, 4.69) is 10.1 Å². The molecular weight excluding hydrogens is 242 g/mol. The number of nitrogens with one attached hydrogen (secondary N) is 1. The molecule has 19 heavy (non-hydrogen) atoms. The highest BCUT2D eigenvalue weighted by Crippen LogP contribution is 2.15. The van der Waals surface area contributed by atoms with Crippen molar-refractivity contribution in [1.82, 2.24) is 14.8 Å². The summed E-state index contributed by atoms with van der Waals surface area (Å²) in [5.74, 6) is 0. The van der Waals surface area contributed by atoms with Crippen LogP contribution in [0.3, 0.4) is 0 Å². The first-order valence-electron chi connectivity index (χ1n) is 5.86. The number of nitrogens with zero attached hydrogens (tertiary/aromatic N) is 2. The fourth-order valence-electron chi connectivity index (χ4n) is 2.00. The molecule has 2 aromatic carbocycles. The van der Waals surface area contributed by atoms with E-state index in [-0.39, 0.29) is 0 Å². The predicted octanol–water partition coefficient (Wildman–Crippen LogP) is 1.13. The Morgan fingerprint density at radius 2 is 1.84 bits per heavy atom. The van der Waals surface area contributed by atoms with Crippen molar-refractivity contribution >= 4 is 10.8 Å². The summed E-state index contributed by atoms with van der Waals surface area (Å²) < 4.78 is 1.23. The highest BCUT2D eigenvalue weighted by molar-refractivity contribution is 5.82. The molecule has 0 fully saturated rings. The monoisotopic (exact) mass is 253 g/mol. The van der Waals surface area contributed by atoms with Gasteiger partial charge in [-0.2, -0.15) is 5.10 Å². The summed E-state index contributed by atoms with van der Waals surface area (Å²) in [6, 6.07) is 14.0. The lowest BCUT2D eigenvalue weighted by Crippen LogP contribution is -2.31. The van der Waals surface area contributed by atoms with Gasteiger partial charge in [-0.05, 0) is 22.4 Å². The average Bonchev–Trinajstić information content (AvgIpc) is 2.42. The van der Waals surface area contributed by atoms with Gasteiger partial charge in [-0.25, -0.2) is 9.48 Å². The van der Waals surface area contributed by atoms with E-state index < -0.39 is 11.2 Å². The first-order valence-corrected chi connectivity index (χ1v) is 5.86. The summed E-state index contributed by atoms with van der Waals surface area (Å²) in [7, 11) is 0. The van der Waals surface area contributed by atoms with E-state index in [0.29, 0.717) is 6.54 Å². The number of hydrogen-bond donors (Lipinski definition) is 1. The van der Waals surface area contributed by atoms with E-state index >= 15 is 0 Å². The molecule has 1 N–H and O–H groups in total. The first kappa shape index (κ1) is 11.4. The third-order valence-electron chi connectivity index (χ3n) is 2.93. The lowest BCUT2D eigenvalue weighted by Gasteiger charge is -2.05. The minimum Gasteiger partial charge on any atom is -0.271 e.